The Labute approximate surface area is 385 Å². The zero-order valence-electron chi connectivity index (χ0n) is 38.6. The lowest BCUT2D eigenvalue weighted by Gasteiger charge is -2.44. The lowest BCUT2D eigenvalue weighted by atomic mass is 9.67. The second-order valence-electron chi connectivity index (χ2n) is 19.3. The van der Waals surface area contributed by atoms with Gasteiger partial charge in [-0.15, -0.1) is 0 Å². The molecule has 2 aromatic rings. The van der Waals surface area contributed by atoms with E-state index in [2.05, 4.69) is 15.7 Å². The van der Waals surface area contributed by atoms with E-state index in [1.165, 1.54) is 16.8 Å². The molecule has 1 aromatic carbocycles. The predicted molar refractivity (Wildman–Crippen MR) is 239 cm³/mol. The summed E-state index contributed by atoms with van der Waals surface area (Å²) in [7, 11) is 6.62. The summed E-state index contributed by atoms with van der Waals surface area (Å²) in [5, 5.41) is 10.6. The first-order valence-corrected chi connectivity index (χ1v) is 23.7. The monoisotopic (exact) mass is 930 g/mol. The number of benzene rings is 1. The smallest absolute Gasteiger partial charge is 0.344 e. The van der Waals surface area contributed by atoms with Gasteiger partial charge in [-0.2, -0.15) is 18.3 Å². The number of carbonyl (C=O) groups excluding carboxylic acids is 6. The number of halogens is 4. The number of nitrogens with zero attached hydrogens (tertiary/aromatic N) is 6. The summed E-state index contributed by atoms with van der Waals surface area (Å²) in [6.07, 6.45) is 4.55. The Morgan fingerprint density at radius 1 is 0.938 bits per heavy atom. The van der Waals surface area contributed by atoms with Crippen LogP contribution in [0.3, 0.4) is 0 Å². The summed E-state index contributed by atoms with van der Waals surface area (Å²) in [5.41, 5.74) is -0.120. The third kappa shape index (κ3) is 11.3. The van der Waals surface area contributed by atoms with E-state index in [-0.39, 0.29) is 69.2 Å². The van der Waals surface area contributed by atoms with E-state index in [1.54, 1.807) is 42.0 Å². The number of hydrogen-bond acceptors (Lipinski definition) is 7. The molecule has 3 heterocycles. The number of hydrogen-bond donors (Lipinski definition) is 2. The molecule has 358 valence electrons. The summed E-state index contributed by atoms with van der Waals surface area (Å²) >= 11 is 6.53. The van der Waals surface area contributed by atoms with Crippen molar-refractivity contribution in [2.24, 2.45) is 24.3 Å². The standard InChI is InChI=1S/C47H66ClF3N8O6/c1-29(2)24-35-42(62)58(6)38(26-31-25-33(48)18-19-34(31)32-27-52-56(4)28-32)43(63)55(3)22-11-9-7-8-10-14-36(40(60)53-35)57(5)44(64)39(30-16-17-30)54-41(61)37-15-12-23-59(37)45(65)46(20-13-21-46)47(49,50)51/h18-19,25,27-30,35-39H,7-17,20-24,26H2,1-6H3,(H,53,60)(H,54,61)/t35-,36-,37-,38-,39-/m0/s1. The van der Waals surface area contributed by atoms with E-state index >= 15 is 0 Å². The number of nitrogens with one attached hydrogen (secondary N) is 2. The van der Waals surface area contributed by atoms with E-state index in [9.17, 15) is 41.9 Å². The molecule has 2 aliphatic carbocycles. The Bertz CT molecular complexity index is 2070. The van der Waals surface area contributed by atoms with Crippen LogP contribution in [0.15, 0.2) is 30.6 Å². The Hall–Kier alpha value is -4.67. The summed E-state index contributed by atoms with van der Waals surface area (Å²) < 4.78 is 44.3. The molecule has 2 saturated carbocycles. The molecule has 1 aromatic heterocycles. The van der Waals surface area contributed by atoms with Crippen LogP contribution >= 0.6 is 11.6 Å². The number of alkyl halides is 3. The van der Waals surface area contributed by atoms with E-state index in [1.807, 2.05) is 33.2 Å². The number of carbonyl (C=O) groups is 6. The van der Waals surface area contributed by atoms with Gasteiger partial charge in [0.25, 0.3) is 0 Å². The maximum atomic E-state index is 14.8. The molecule has 2 N–H and O–H groups in total. The fraction of sp³-hybridized carbons (Fsp3) is 0.681. The highest BCUT2D eigenvalue weighted by molar-refractivity contribution is 6.30. The lowest BCUT2D eigenvalue weighted by molar-refractivity contribution is -0.248. The first-order chi connectivity index (χ1) is 30.7. The Morgan fingerprint density at radius 3 is 2.25 bits per heavy atom. The largest absolute Gasteiger partial charge is 0.403 e. The van der Waals surface area contributed by atoms with Crippen LogP contribution in [0.2, 0.25) is 5.02 Å². The van der Waals surface area contributed by atoms with Gasteiger partial charge in [-0.1, -0.05) is 63.6 Å². The normalized spacial score (nSPS) is 24.4. The van der Waals surface area contributed by atoms with Crippen LogP contribution in [0.4, 0.5) is 13.2 Å². The van der Waals surface area contributed by atoms with Crippen molar-refractivity contribution in [3.05, 3.63) is 41.2 Å². The minimum absolute atomic E-state index is 0.0169. The average Bonchev–Trinajstić information content (AvgIpc) is 3.78. The quantitative estimate of drug-likeness (QED) is 0.284. The maximum absolute atomic E-state index is 14.8. The molecule has 65 heavy (non-hydrogen) atoms. The maximum Gasteiger partial charge on any atom is 0.403 e. The zero-order valence-corrected chi connectivity index (χ0v) is 39.3. The van der Waals surface area contributed by atoms with Gasteiger partial charge in [0.2, 0.25) is 35.4 Å². The Morgan fingerprint density at radius 2 is 1.63 bits per heavy atom. The van der Waals surface area contributed by atoms with Crippen LogP contribution in [0.5, 0.6) is 0 Å². The molecule has 14 nitrogen and oxygen atoms in total. The van der Waals surface area contributed by atoms with E-state index < -0.39 is 71.3 Å². The average molecular weight is 932 g/mol. The summed E-state index contributed by atoms with van der Waals surface area (Å²) in [6.45, 7) is 4.33. The second kappa shape index (κ2) is 20.9. The van der Waals surface area contributed by atoms with Gasteiger partial charge in [0.1, 0.15) is 35.6 Å². The molecular formula is C47H66ClF3N8O6. The predicted octanol–water partition coefficient (Wildman–Crippen LogP) is 5.90. The molecule has 4 aliphatic rings. The first kappa shape index (κ1) is 49.8. The number of amides is 6. The van der Waals surface area contributed by atoms with Gasteiger partial charge in [-0.25, -0.2) is 0 Å². The van der Waals surface area contributed by atoms with Crippen molar-refractivity contribution in [1.82, 2.24) is 40.0 Å². The van der Waals surface area contributed by atoms with Crippen LogP contribution in [0, 0.1) is 17.3 Å². The Balaban J connectivity index is 1.24. The summed E-state index contributed by atoms with van der Waals surface area (Å²) in [4.78, 5) is 91.1. The van der Waals surface area contributed by atoms with Gasteiger partial charge in [-0.05, 0) is 92.9 Å². The van der Waals surface area contributed by atoms with Gasteiger partial charge < -0.3 is 30.2 Å². The minimum Gasteiger partial charge on any atom is -0.344 e. The van der Waals surface area contributed by atoms with E-state index in [0.29, 0.717) is 43.7 Å². The van der Waals surface area contributed by atoms with Crippen LogP contribution in [-0.2, 0) is 42.2 Å². The summed E-state index contributed by atoms with van der Waals surface area (Å²) in [6, 6.07) is 0.137. The molecule has 0 unspecified atom stereocenters. The van der Waals surface area contributed by atoms with Crippen molar-refractivity contribution < 1.29 is 41.9 Å². The third-order valence-corrected chi connectivity index (χ3v) is 14.3. The van der Waals surface area contributed by atoms with Crippen LogP contribution < -0.4 is 10.6 Å². The van der Waals surface area contributed by atoms with Crippen molar-refractivity contribution in [2.75, 3.05) is 34.2 Å². The minimum atomic E-state index is -4.74. The van der Waals surface area contributed by atoms with E-state index in [0.717, 1.165) is 40.9 Å². The number of aryl methyl sites for hydroxylation is 1. The van der Waals surface area contributed by atoms with Gasteiger partial charge in [0, 0.05) is 64.5 Å². The number of rotatable bonds is 11. The molecule has 4 fully saturated rings. The fourth-order valence-electron chi connectivity index (χ4n) is 9.75. The molecule has 0 spiro atoms. The molecule has 2 aliphatic heterocycles. The molecule has 5 atom stereocenters. The van der Waals surface area contributed by atoms with Crippen LogP contribution in [-0.4, -0.2) is 135 Å². The van der Waals surface area contributed by atoms with Crippen molar-refractivity contribution in [3.63, 3.8) is 0 Å². The van der Waals surface area contributed by atoms with Crippen molar-refractivity contribution in [1.29, 1.82) is 0 Å². The molecule has 0 bridgehead atoms. The van der Waals surface area contributed by atoms with Crippen LogP contribution in [0.1, 0.15) is 109 Å². The highest BCUT2D eigenvalue weighted by Crippen LogP contribution is 2.54. The van der Waals surface area contributed by atoms with Gasteiger partial charge in [0.15, 0.2) is 0 Å². The first-order valence-electron chi connectivity index (χ1n) is 23.3. The number of likely N-dealkylation sites (tertiary alicyclic amines) is 1. The molecule has 0 radical (unpaired) electrons. The molecule has 6 rings (SSSR count). The zero-order chi connectivity index (χ0) is 47.4. The van der Waals surface area contributed by atoms with Crippen molar-refractivity contribution in [2.45, 2.75) is 147 Å². The SMILES string of the molecule is CC(C)C[C@@H]1NC(=O)[C@@H](N(C)C(=O)[C@@H](NC(=O)[C@@H]2CCCN2C(=O)C2(C(F)(F)F)CCC2)C2CC2)CCCCCCCN(C)C(=O)[C@H](Cc2cc(Cl)ccc2-c2cnn(C)c2)N(C)C1=O. The van der Waals surface area contributed by atoms with Crippen molar-refractivity contribution >= 4 is 47.0 Å². The van der Waals surface area contributed by atoms with Crippen molar-refractivity contribution in [3.8, 4) is 11.1 Å². The lowest BCUT2D eigenvalue weighted by Crippen LogP contribution is -2.61. The third-order valence-electron chi connectivity index (χ3n) is 14.0. The Kier molecular flexibility index (Phi) is 16.0. The van der Waals surface area contributed by atoms with Gasteiger partial charge in [0.05, 0.1) is 6.20 Å². The topological polar surface area (TPSA) is 157 Å². The fourth-order valence-corrected chi connectivity index (χ4v) is 9.95. The number of aromatic nitrogens is 2. The van der Waals surface area contributed by atoms with Gasteiger partial charge in [-0.3, -0.25) is 33.4 Å². The van der Waals surface area contributed by atoms with E-state index in [4.69, 9.17) is 11.6 Å². The highest BCUT2D eigenvalue weighted by Gasteiger charge is 2.65. The molecular weight excluding hydrogens is 865 g/mol. The molecule has 2 saturated heterocycles. The molecule has 18 heteroatoms. The molecule has 6 amide bonds. The van der Waals surface area contributed by atoms with Crippen LogP contribution in [0.25, 0.3) is 11.1 Å². The van der Waals surface area contributed by atoms with Gasteiger partial charge >= 0.3 is 6.18 Å². The highest BCUT2D eigenvalue weighted by atomic mass is 35.5. The second-order valence-corrected chi connectivity index (χ2v) is 19.7. The summed E-state index contributed by atoms with van der Waals surface area (Å²) in [5.74, 6) is -3.90. The number of likely N-dealkylation sites (N-methyl/N-ethyl adjacent to an activating group) is 3.